The van der Waals surface area contributed by atoms with Gasteiger partial charge in [0, 0.05) is 18.3 Å². The van der Waals surface area contributed by atoms with Gasteiger partial charge in [-0.05, 0) is 32.7 Å². The van der Waals surface area contributed by atoms with Crippen LogP contribution < -0.4 is 27.4 Å². The number of aromatic nitrogens is 2. The lowest BCUT2D eigenvalue weighted by Gasteiger charge is -2.22. The lowest BCUT2D eigenvalue weighted by molar-refractivity contribution is -0.141. The molecule has 10 N–H and O–H groups in total. The molecule has 0 aliphatic heterocycles. The van der Waals surface area contributed by atoms with Crippen molar-refractivity contribution in [2.75, 3.05) is 13.1 Å². The van der Waals surface area contributed by atoms with E-state index in [9.17, 15) is 29.4 Å². The minimum Gasteiger partial charge on any atom is -0.480 e. The number of amides is 3. The molecule has 0 aromatic carbocycles. The van der Waals surface area contributed by atoms with Gasteiger partial charge in [-0.25, -0.2) is 9.78 Å². The predicted octanol–water partition coefficient (Wildman–Crippen LogP) is -3.04. The van der Waals surface area contributed by atoms with Gasteiger partial charge >= 0.3 is 5.97 Å². The number of carbonyl (C=O) groups is 4. The molecule has 1 rings (SSSR count). The molecule has 1 aromatic rings. The van der Waals surface area contributed by atoms with E-state index in [2.05, 4.69) is 25.9 Å². The van der Waals surface area contributed by atoms with Crippen LogP contribution in [0.1, 0.15) is 31.9 Å². The number of H-pyrrole nitrogens is 1. The quantitative estimate of drug-likeness (QED) is 0.137. The number of nitrogens with zero attached hydrogens (tertiary/aromatic N) is 1. The maximum absolute atomic E-state index is 12.5. The standard InChI is InChI=1S/C18H31N7O6/c1-10(26)15(20)17(29)25-12(4-2-3-5-19)16(28)22-8-14(27)24-13(18(30)31)6-11-7-21-9-23-11/h7,9-10,12-13,15,26H,2-6,8,19-20H2,1H3,(H,21,23)(H,22,28)(H,24,27)(H,25,29)(H,30,31). The Morgan fingerprint density at radius 3 is 2.42 bits per heavy atom. The maximum atomic E-state index is 12.5. The van der Waals surface area contributed by atoms with Crippen molar-refractivity contribution in [3.05, 3.63) is 18.2 Å². The molecule has 1 heterocycles. The molecular weight excluding hydrogens is 410 g/mol. The van der Waals surface area contributed by atoms with E-state index in [1.54, 1.807) is 0 Å². The largest absolute Gasteiger partial charge is 0.480 e. The number of carbonyl (C=O) groups excluding carboxylic acids is 3. The molecule has 0 spiro atoms. The second-order valence-corrected chi connectivity index (χ2v) is 7.07. The first kappa shape index (κ1) is 26.0. The van der Waals surface area contributed by atoms with Crippen LogP contribution in [-0.4, -0.2) is 81.2 Å². The van der Waals surface area contributed by atoms with Crippen LogP contribution in [0.3, 0.4) is 0 Å². The Morgan fingerprint density at radius 1 is 1.16 bits per heavy atom. The Kier molecular flexibility index (Phi) is 11.2. The average molecular weight is 441 g/mol. The number of nitrogens with two attached hydrogens (primary N) is 2. The number of hydrogen-bond acceptors (Lipinski definition) is 8. The summed E-state index contributed by atoms with van der Waals surface area (Å²) in [6, 6.07) is -3.42. The van der Waals surface area contributed by atoms with Gasteiger partial charge in [-0.15, -0.1) is 0 Å². The number of unbranched alkanes of at least 4 members (excludes halogenated alkanes) is 1. The summed E-state index contributed by atoms with van der Waals surface area (Å²) in [6.45, 7) is 1.27. The fourth-order valence-corrected chi connectivity index (χ4v) is 2.60. The van der Waals surface area contributed by atoms with Crippen molar-refractivity contribution in [1.29, 1.82) is 0 Å². The average Bonchev–Trinajstić information content (AvgIpc) is 3.23. The van der Waals surface area contributed by atoms with E-state index < -0.39 is 54.5 Å². The molecule has 4 unspecified atom stereocenters. The van der Waals surface area contributed by atoms with Crippen LogP contribution in [0.2, 0.25) is 0 Å². The van der Waals surface area contributed by atoms with E-state index in [1.165, 1.54) is 19.4 Å². The van der Waals surface area contributed by atoms with Gasteiger partial charge in [-0.2, -0.15) is 0 Å². The highest BCUT2D eigenvalue weighted by atomic mass is 16.4. The highest BCUT2D eigenvalue weighted by Gasteiger charge is 2.26. The minimum atomic E-state index is -1.24. The molecule has 0 aliphatic rings. The van der Waals surface area contributed by atoms with Crippen LogP contribution in [0.15, 0.2) is 12.5 Å². The Labute approximate surface area is 179 Å². The smallest absolute Gasteiger partial charge is 0.326 e. The number of aliphatic hydroxyl groups excluding tert-OH is 1. The van der Waals surface area contributed by atoms with Crippen molar-refractivity contribution in [3.63, 3.8) is 0 Å². The Morgan fingerprint density at radius 2 is 1.87 bits per heavy atom. The van der Waals surface area contributed by atoms with E-state index in [0.29, 0.717) is 25.1 Å². The summed E-state index contributed by atoms with van der Waals surface area (Å²) >= 11 is 0. The third-order valence-electron chi connectivity index (χ3n) is 4.44. The second kappa shape index (κ2) is 13.3. The van der Waals surface area contributed by atoms with Crippen molar-refractivity contribution >= 4 is 23.7 Å². The summed E-state index contributed by atoms with van der Waals surface area (Å²) in [5.41, 5.74) is 11.6. The van der Waals surface area contributed by atoms with Gasteiger partial charge in [-0.1, -0.05) is 0 Å². The number of carboxylic acids is 1. The van der Waals surface area contributed by atoms with E-state index >= 15 is 0 Å². The summed E-state index contributed by atoms with van der Waals surface area (Å²) < 4.78 is 0. The third-order valence-corrected chi connectivity index (χ3v) is 4.44. The minimum absolute atomic E-state index is 0.00990. The molecule has 174 valence electrons. The van der Waals surface area contributed by atoms with Gasteiger partial charge in [0.2, 0.25) is 17.7 Å². The van der Waals surface area contributed by atoms with Crippen LogP contribution in [0, 0.1) is 0 Å². The molecule has 4 atom stereocenters. The van der Waals surface area contributed by atoms with Gasteiger partial charge in [-0.3, -0.25) is 14.4 Å². The number of nitrogens with one attached hydrogen (secondary N) is 4. The van der Waals surface area contributed by atoms with Crippen LogP contribution in [-0.2, 0) is 25.6 Å². The van der Waals surface area contributed by atoms with E-state index in [4.69, 9.17) is 11.5 Å². The van der Waals surface area contributed by atoms with Gasteiger partial charge in [0.25, 0.3) is 0 Å². The first-order valence-electron chi connectivity index (χ1n) is 9.86. The number of aliphatic carboxylic acids is 1. The molecule has 1 aromatic heterocycles. The molecule has 31 heavy (non-hydrogen) atoms. The second-order valence-electron chi connectivity index (χ2n) is 7.07. The lowest BCUT2D eigenvalue weighted by atomic mass is 10.1. The van der Waals surface area contributed by atoms with Crippen molar-refractivity contribution in [2.45, 2.75) is 56.8 Å². The number of rotatable bonds is 14. The molecule has 0 fully saturated rings. The zero-order chi connectivity index (χ0) is 23.4. The molecular formula is C18H31N7O6. The SMILES string of the molecule is CC(O)C(N)C(=O)NC(CCCCN)C(=O)NCC(=O)NC(Cc1cnc[nH]1)C(=O)O. The first-order valence-corrected chi connectivity index (χ1v) is 9.86. The first-order chi connectivity index (χ1) is 14.6. The van der Waals surface area contributed by atoms with Crippen LogP contribution in [0.4, 0.5) is 0 Å². The van der Waals surface area contributed by atoms with E-state index in [-0.39, 0.29) is 12.8 Å². The van der Waals surface area contributed by atoms with E-state index in [0.717, 1.165) is 0 Å². The van der Waals surface area contributed by atoms with Crippen molar-refractivity contribution < 1.29 is 29.4 Å². The number of hydrogen-bond donors (Lipinski definition) is 8. The van der Waals surface area contributed by atoms with Crippen molar-refractivity contribution in [1.82, 2.24) is 25.9 Å². The number of carboxylic acid groups (broad SMARTS) is 1. The topological polar surface area (TPSA) is 226 Å². The highest BCUT2D eigenvalue weighted by Crippen LogP contribution is 2.03. The van der Waals surface area contributed by atoms with Crippen molar-refractivity contribution in [2.24, 2.45) is 11.5 Å². The monoisotopic (exact) mass is 441 g/mol. The van der Waals surface area contributed by atoms with Gasteiger partial charge in [0.15, 0.2) is 0 Å². The van der Waals surface area contributed by atoms with Crippen LogP contribution >= 0.6 is 0 Å². The third kappa shape index (κ3) is 9.55. The summed E-state index contributed by atoms with van der Waals surface area (Å²) in [6.07, 6.45) is 3.12. The fourth-order valence-electron chi connectivity index (χ4n) is 2.60. The molecule has 0 saturated carbocycles. The molecule has 0 bridgehead atoms. The Bertz CT molecular complexity index is 725. The molecule has 0 aliphatic carbocycles. The van der Waals surface area contributed by atoms with Gasteiger partial charge in [0.1, 0.15) is 18.1 Å². The van der Waals surface area contributed by atoms with Crippen molar-refractivity contribution in [3.8, 4) is 0 Å². The lowest BCUT2D eigenvalue weighted by Crippen LogP contribution is -2.55. The zero-order valence-electron chi connectivity index (χ0n) is 17.3. The summed E-state index contributed by atoms with van der Waals surface area (Å²) in [4.78, 5) is 54.6. The van der Waals surface area contributed by atoms with E-state index in [1.807, 2.05) is 0 Å². The van der Waals surface area contributed by atoms with Gasteiger partial charge in [0.05, 0.1) is 19.0 Å². The summed E-state index contributed by atoms with van der Waals surface area (Å²) in [7, 11) is 0. The Balaban J connectivity index is 2.63. The summed E-state index contributed by atoms with van der Waals surface area (Å²) in [5.74, 6) is -3.31. The summed E-state index contributed by atoms with van der Waals surface area (Å²) in [5, 5.41) is 25.9. The molecule has 3 amide bonds. The Hall–Kier alpha value is -3.03. The molecule has 0 radical (unpaired) electrons. The van der Waals surface area contributed by atoms with Crippen LogP contribution in [0.25, 0.3) is 0 Å². The molecule has 13 heteroatoms. The number of aliphatic hydroxyl groups is 1. The molecule has 13 nitrogen and oxygen atoms in total. The molecule has 0 saturated heterocycles. The number of aromatic amines is 1. The zero-order valence-corrected chi connectivity index (χ0v) is 17.3. The predicted molar refractivity (Wildman–Crippen MR) is 109 cm³/mol. The van der Waals surface area contributed by atoms with Crippen LogP contribution in [0.5, 0.6) is 0 Å². The highest BCUT2D eigenvalue weighted by molar-refractivity contribution is 5.92. The number of imidazole rings is 1. The fraction of sp³-hybridized carbons (Fsp3) is 0.611. The maximum Gasteiger partial charge on any atom is 0.326 e. The van der Waals surface area contributed by atoms with Gasteiger partial charge < -0.3 is 42.6 Å². The normalized spacial score (nSPS) is 14.7.